The summed E-state index contributed by atoms with van der Waals surface area (Å²) in [7, 11) is 1.63. The number of rotatable bonds is 2. The molecule has 0 aromatic heterocycles. The molecule has 2 nitrogen and oxygen atoms in total. The molecule has 15 heavy (non-hydrogen) atoms. The molecule has 0 spiro atoms. The number of thiol groups is 1. The van der Waals surface area contributed by atoms with E-state index in [1.54, 1.807) is 7.05 Å². The predicted octanol–water partition coefficient (Wildman–Crippen LogP) is 1.26. The van der Waals surface area contributed by atoms with Crippen molar-refractivity contribution in [1.29, 1.82) is 0 Å². The topological polar surface area (TPSA) is 29.1 Å². The maximum atomic E-state index is 11.1. The van der Waals surface area contributed by atoms with Crippen LogP contribution in [-0.2, 0) is 11.2 Å². The monoisotopic (exact) mass is 219 g/mol. The quantitative estimate of drug-likeness (QED) is 0.569. The van der Waals surface area contributed by atoms with Gasteiger partial charge < -0.3 is 5.32 Å². The minimum absolute atomic E-state index is 0.0178. The Bertz CT molecular complexity index is 386. The van der Waals surface area contributed by atoms with Gasteiger partial charge in [-0.3, -0.25) is 4.79 Å². The average Bonchev–Trinajstić information content (AvgIpc) is 2.28. The predicted molar refractivity (Wildman–Crippen MR) is 64.9 cm³/mol. The third-order valence-electron chi connectivity index (χ3n) is 1.91. The van der Waals surface area contributed by atoms with Crippen molar-refractivity contribution < 1.29 is 4.79 Å². The van der Waals surface area contributed by atoms with Gasteiger partial charge in [-0.1, -0.05) is 24.0 Å². The Morgan fingerprint density at radius 1 is 1.40 bits per heavy atom. The molecule has 0 fully saturated rings. The minimum Gasteiger partial charge on any atom is -0.359 e. The van der Waals surface area contributed by atoms with Crippen molar-refractivity contribution in [2.24, 2.45) is 0 Å². The van der Waals surface area contributed by atoms with Crippen molar-refractivity contribution in [3.05, 3.63) is 35.4 Å². The highest BCUT2D eigenvalue weighted by molar-refractivity contribution is 7.80. The number of carbonyl (C=O) groups is 1. The zero-order valence-electron chi connectivity index (χ0n) is 8.58. The van der Waals surface area contributed by atoms with Crippen LogP contribution in [0.3, 0.4) is 0 Å². The SMILES string of the molecule is CNC(=O)Cc1ccc(C#CCS)cc1. The van der Waals surface area contributed by atoms with E-state index in [-0.39, 0.29) is 5.91 Å². The number of benzene rings is 1. The summed E-state index contributed by atoms with van der Waals surface area (Å²) in [6, 6.07) is 7.65. The van der Waals surface area contributed by atoms with Crippen LogP contribution in [0, 0.1) is 11.8 Å². The number of likely N-dealkylation sites (N-methyl/N-ethyl adjacent to an activating group) is 1. The Kier molecular flexibility index (Phi) is 4.79. The van der Waals surface area contributed by atoms with Crippen molar-refractivity contribution in [2.45, 2.75) is 6.42 Å². The van der Waals surface area contributed by atoms with Gasteiger partial charge in [0.25, 0.3) is 0 Å². The number of hydrogen-bond donors (Lipinski definition) is 2. The van der Waals surface area contributed by atoms with Crippen molar-refractivity contribution in [2.75, 3.05) is 12.8 Å². The van der Waals surface area contributed by atoms with Crippen LogP contribution in [0.2, 0.25) is 0 Å². The Hall–Kier alpha value is -1.40. The molecule has 0 aliphatic rings. The maximum absolute atomic E-state index is 11.1. The van der Waals surface area contributed by atoms with Gasteiger partial charge in [0.05, 0.1) is 12.2 Å². The van der Waals surface area contributed by atoms with E-state index in [0.717, 1.165) is 11.1 Å². The lowest BCUT2D eigenvalue weighted by Crippen LogP contribution is -2.19. The summed E-state index contributed by atoms with van der Waals surface area (Å²) in [6.07, 6.45) is 0.413. The average molecular weight is 219 g/mol. The van der Waals surface area contributed by atoms with Crippen LogP contribution in [0.4, 0.5) is 0 Å². The summed E-state index contributed by atoms with van der Waals surface area (Å²) in [6.45, 7) is 0. The first-order valence-corrected chi connectivity index (χ1v) is 5.28. The molecule has 0 saturated carbocycles. The van der Waals surface area contributed by atoms with E-state index >= 15 is 0 Å². The third-order valence-corrected chi connectivity index (χ3v) is 2.07. The van der Waals surface area contributed by atoms with Gasteiger partial charge in [0.1, 0.15) is 0 Å². The van der Waals surface area contributed by atoms with Crippen LogP contribution in [0.5, 0.6) is 0 Å². The van der Waals surface area contributed by atoms with E-state index in [9.17, 15) is 4.79 Å². The van der Waals surface area contributed by atoms with Gasteiger partial charge in [-0.2, -0.15) is 12.6 Å². The molecule has 0 atom stereocenters. The first-order chi connectivity index (χ1) is 7.26. The second-order valence-corrected chi connectivity index (χ2v) is 3.32. The zero-order chi connectivity index (χ0) is 11.1. The molecule has 1 N–H and O–H groups in total. The molecular formula is C12H13NOS. The standard InChI is InChI=1S/C12H13NOS/c1-13-12(14)9-11-6-4-10(5-7-11)3-2-8-15/h4-7,15H,8-9H2,1H3,(H,13,14). The number of carbonyl (C=O) groups excluding carboxylic acids is 1. The van der Waals surface area contributed by atoms with Gasteiger partial charge in [0, 0.05) is 12.6 Å². The second-order valence-electron chi connectivity index (χ2n) is 3.01. The highest BCUT2D eigenvalue weighted by Gasteiger charge is 1.99. The molecule has 0 unspecified atom stereocenters. The number of nitrogens with one attached hydrogen (secondary N) is 1. The van der Waals surface area contributed by atoms with Crippen LogP contribution in [0.15, 0.2) is 24.3 Å². The molecule has 0 aliphatic heterocycles. The first kappa shape index (κ1) is 11.7. The molecule has 1 rings (SSSR count). The van der Waals surface area contributed by atoms with Crippen molar-refractivity contribution >= 4 is 18.5 Å². The van der Waals surface area contributed by atoms with Gasteiger partial charge in [0.15, 0.2) is 0 Å². The summed E-state index contributed by atoms with van der Waals surface area (Å²) in [5.74, 6) is 6.41. The van der Waals surface area contributed by atoms with E-state index in [1.165, 1.54) is 0 Å². The lowest BCUT2D eigenvalue weighted by atomic mass is 10.1. The van der Waals surface area contributed by atoms with E-state index in [0.29, 0.717) is 12.2 Å². The van der Waals surface area contributed by atoms with Crippen LogP contribution in [0.1, 0.15) is 11.1 Å². The molecule has 78 valence electrons. The van der Waals surface area contributed by atoms with Crippen molar-refractivity contribution in [1.82, 2.24) is 5.32 Å². The summed E-state index contributed by atoms with van der Waals surface area (Å²) in [5.41, 5.74) is 1.94. The lowest BCUT2D eigenvalue weighted by molar-refractivity contribution is -0.119. The molecule has 0 saturated heterocycles. The number of amides is 1. The van der Waals surface area contributed by atoms with Gasteiger partial charge in [0.2, 0.25) is 5.91 Å². The lowest BCUT2D eigenvalue weighted by Gasteiger charge is -1.99. The smallest absolute Gasteiger partial charge is 0.224 e. The zero-order valence-corrected chi connectivity index (χ0v) is 9.47. The fourth-order valence-electron chi connectivity index (χ4n) is 1.12. The Morgan fingerprint density at radius 3 is 2.60 bits per heavy atom. The first-order valence-electron chi connectivity index (χ1n) is 4.65. The summed E-state index contributed by atoms with van der Waals surface area (Å²) in [4.78, 5) is 11.1. The second kappa shape index (κ2) is 6.15. The molecule has 1 aromatic rings. The molecule has 0 aliphatic carbocycles. The Morgan fingerprint density at radius 2 is 2.07 bits per heavy atom. The van der Waals surface area contributed by atoms with Crippen LogP contribution in [-0.4, -0.2) is 18.7 Å². The van der Waals surface area contributed by atoms with Gasteiger partial charge in [-0.05, 0) is 17.7 Å². The van der Waals surface area contributed by atoms with Crippen molar-refractivity contribution in [3.8, 4) is 11.8 Å². The fraction of sp³-hybridized carbons (Fsp3) is 0.250. The van der Waals surface area contributed by atoms with Gasteiger partial charge >= 0.3 is 0 Å². The van der Waals surface area contributed by atoms with Gasteiger partial charge in [-0.25, -0.2) is 0 Å². The van der Waals surface area contributed by atoms with Crippen LogP contribution in [0.25, 0.3) is 0 Å². The molecule has 1 amide bonds. The fourth-order valence-corrected chi connectivity index (χ4v) is 1.20. The minimum atomic E-state index is 0.0178. The Balaban J connectivity index is 2.68. The highest BCUT2D eigenvalue weighted by atomic mass is 32.1. The third kappa shape index (κ3) is 4.09. The largest absolute Gasteiger partial charge is 0.359 e. The van der Waals surface area contributed by atoms with Crippen LogP contribution >= 0.6 is 12.6 Å². The maximum Gasteiger partial charge on any atom is 0.224 e. The molecule has 0 heterocycles. The molecule has 0 bridgehead atoms. The number of hydrogen-bond acceptors (Lipinski definition) is 2. The summed E-state index contributed by atoms with van der Waals surface area (Å²) < 4.78 is 0. The van der Waals surface area contributed by atoms with E-state index < -0.39 is 0 Å². The Labute approximate surface area is 95.5 Å². The van der Waals surface area contributed by atoms with E-state index in [2.05, 4.69) is 29.8 Å². The molecule has 3 heteroatoms. The van der Waals surface area contributed by atoms with E-state index in [4.69, 9.17) is 0 Å². The molecular weight excluding hydrogens is 206 g/mol. The molecule has 0 radical (unpaired) electrons. The molecule has 1 aromatic carbocycles. The van der Waals surface area contributed by atoms with E-state index in [1.807, 2.05) is 24.3 Å². The highest BCUT2D eigenvalue weighted by Crippen LogP contribution is 2.04. The normalized spacial score (nSPS) is 8.93. The summed E-state index contributed by atoms with van der Waals surface area (Å²) >= 11 is 4.00. The summed E-state index contributed by atoms with van der Waals surface area (Å²) in [5, 5.41) is 2.59. The van der Waals surface area contributed by atoms with Crippen molar-refractivity contribution in [3.63, 3.8) is 0 Å². The van der Waals surface area contributed by atoms with Crippen LogP contribution < -0.4 is 5.32 Å². The van der Waals surface area contributed by atoms with Gasteiger partial charge in [-0.15, -0.1) is 0 Å².